The molecule has 3 heteroatoms. The summed E-state index contributed by atoms with van der Waals surface area (Å²) in [6.45, 7) is 0. The molecule has 0 unspecified atom stereocenters. The average molecular weight is 312 g/mol. The Bertz CT molecular complexity index is 1170. The Labute approximate surface area is 137 Å². The van der Waals surface area contributed by atoms with E-state index < -0.39 is 0 Å². The first-order valence-electron chi connectivity index (χ1n) is 7.52. The Morgan fingerprint density at radius 2 is 1.48 bits per heavy atom. The molecule has 0 amide bonds. The summed E-state index contributed by atoms with van der Waals surface area (Å²) in [6.07, 6.45) is 1.68. The van der Waals surface area contributed by atoms with E-state index in [9.17, 15) is 0 Å². The third kappa shape index (κ3) is 1.87. The summed E-state index contributed by atoms with van der Waals surface area (Å²) >= 11 is 1.77. The van der Waals surface area contributed by atoms with Gasteiger partial charge in [0.25, 0.3) is 0 Å². The van der Waals surface area contributed by atoms with Crippen LogP contribution in [-0.2, 0) is 0 Å². The highest BCUT2D eigenvalue weighted by Gasteiger charge is 2.13. The maximum Gasteiger partial charge on any atom is 0.116 e. The lowest BCUT2D eigenvalue weighted by Crippen LogP contribution is -1.87. The van der Waals surface area contributed by atoms with Gasteiger partial charge >= 0.3 is 0 Å². The summed E-state index contributed by atoms with van der Waals surface area (Å²) in [7, 11) is 0. The van der Waals surface area contributed by atoms with Gasteiger partial charge in [0, 0.05) is 15.6 Å². The molecule has 0 aliphatic rings. The molecule has 0 fully saturated rings. The van der Waals surface area contributed by atoms with Gasteiger partial charge in [0.05, 0.1) is 15.9 Å². The fourth-order valence-corrected chi connectivity index (χ4v) is 4.31. The van der Waals surface area contributed by atoms with Gasteiger partial charge < -0.3 is 0 Å². The molecule has 0 aliphatic heterocycles. The summed E-state index contributed by atoms with van der Waals surface area (Å²) in [4.78, 5) is 9.16. The molecule has 0 aliphatic carbocycles. The van der Waals surface area contributed by atoms with Crippen LogP contribution in [0.1, 0.15) is 0 Å². The van der Waals surface area contributed by atoms with Crippen molar-refractivity contribution in [1.29, 1.82) is 0 Å². The molecule has 5 aromatic rings. The highest BCUT2D eigenvalue weighted by Crippen LogP contribution is 2.39. The summed E-state index contributed by atoms with van der Waals surface area (Å²) in [5.41, 5.74) is 3.23. The maximum atomic E-state index is 4.62. The molecular weight excluding hydrogens is 300 g/mol. The van der Waals surface area contributed by atoms with Crippen LogP contribution in [-0.4, -0.2) is 9.97 Å². The molecule has 0 N–H and O–H groups in total. The van der Waals surface area contributed by atoms with Crippen LogP contribution in [0.2, 0.25) is 0 Å². The Balaban J connectivity index is 1.93. The van der Waals surface area contributed by atoms with Crippen LogP contribution in [0.4, 0.5) is 0 Å². The average Bonchev–Trinajstić information content (AvgIpc) is 3.00. The van der Waals surface area contributed by atoms with E-state index in [1.165, 1.54) is 26.4 Å². The Kier molecular flexibility index (Phi) is 2.69. The van der Waals surface area contributed by atoms with Crippen molar-refractivity contribution in [3.8, 4) is 11.3 Å². The van der Waals surface area contributed by atoms with Gasteiger partial charge in [-0.3, -0.25) is 0 Å². The fourth-order valence-electron chi connectivity index (χ4n) is 3.15. The second kappa shape index (κ2) is 4.86. The van der Waals surface area contributed by atoms with E-state index in [4.69, 9.17) is 0 Å². The number of rotatable bonds is 1. The number of hydrogen-bond acceptors (Lipinski definition) is 3. The van der Waals surface area contributed by atoms with E-state index in [1.807, 2.05) is 0 Å². The molecule has 0 atom stereocenters. The Morgan fingerprint density at radius 3 is 2.43 bits per heavy atom. The quantitative estimate of drug-likeness (QED) is 0.399. The van der Waals surface area contributed by atoms with E-state index in [0.29, 0.717) is 0 Å². The first-order valence-corrected chi connectivity index (χ1v) is 8.34. The topological polar surface area (TPSA) is 25.8 Å². The van der Waals surface area contributed by atoms with Gasteiger partial charge in [0.15, 0.2) is 0 Å². The number of fused-ring (bicyclic) bond motifs is 4. The third-order valence-electron chi connectivity index (χ3n) is 4.20. The lowest BCUT2D eigenvalue weighted by Gasteiger charge is -2.06. The molecule has 0 saturated heterocycles. The van der Waals surface area contributed by atoms with Gasteiger partial charge in [-0.15, -0.1) is 11.3 Å². The first-order chi connectivity index (χ1) is 11.4. The van der Waals surface area contributed by atoms with Gasteiger partial charge in [-0.25, -0.2) is 9.97 Å². The molecular formula is C20H12N2S. The third-order valence-corrected chi connectivity index (χ3v) is 5.37. The van der Waals surface area contributed by atoms with Crippen LogP contribution in [0.15, 0.2) is 73.1 Å². The summed E-state index contributed by atoms with van der Waals surface area (Å²) < 4.78 is 2.41. The lowest BCUT2D eigenvalue weighted by atomic mass is 10.0. The van der Waals surface area contributed by atoms with Crippen LogP contribution in [0.5, 0.6) is 0 Å². The number of benzene rings is 3. The molecule has 108 valence electrons. The molecule has 5 rings (SSSR count). The number of aromatic nitrogens is 2. The number of thiophene rings is 1. The Morgan fingerprint density at radius 1 is 0.696 bits per heavy atom. The minimum absolute atomic E-state index is 1.02. The molecule has 0 saturated carbocycles. The zero-order chi connectivity index (χ0) is 15.2. The molecule has 2 nitrogen and oxygen atoms in total. The normalized spacial score (nSPS) is 11.5. The molecule has 23 heavy (non-hydrogen) atoms. The molecule has 0 radical (unpaired) electrons. The second-order valence-corrected chi connectivity index (χ2v) is 6.58. The van der Waals surface area contributed by atoms with Gasteiger partial charge in [0.2, 0.25) is 0 Å². The number of nitrogens with zero attached hydrogens (tertiary/aromatic N) is 2. The zero-order valence-electron chi connectivity index (χ0n) is 12.2. The van der Waals surface area contributed by atoms with E-state index in [0.717, 1.165) is 15.9 Å². The fraction of sp³-hybridized carbons (Fsp3) is 0. The lowest BCUT2D eigenvalue weighted by molar-refractivity contribution is 1.24. The summed E-state index contributed by atoms with van der Waals surface area (Å²) in [6, 6.07) is 23.2. The predicted octanol–water partition coefficient (Wildman–Crippen LogP) is 5.66. The van der Waals surface area contributed by atoms with Gasteiger partial charge in [-0.05, 0) is 16.8 Å². The van der Waals surface area contributed by atoms with Crippen LogP contribution < -0.4 is 0 Å². The minimum Gasteiger partial charge on any atom is -0.235 e. The zero-order valence-corrected chi connectivity index (χ0v) is 13.0. The van der Waals surface area contributed by atoms with Crippen molar-refractivity contribution in [1.82, 2.24) is 9.97 Å². The van der Waals surface area contributed by atoms with Gasteiger partial charge in [-0.1, -0.05) is 60.7 Å². The van der Waals surface area contributed by atoms with Gasteiger partial charge in [0.1, 0.15) is 6.33 Å². The maximum absolute atomic E-state index is 4.62. The molecule has 0 bridgehead atoms. The highest BCUT2D eigenvalue weighted by atomic mass is 32.1. The van der Waals surface area contributed by atoms with Crippen LogP contribution >= 0.6 is 11.3 Å². The second-order valence-electron chi connectivity index (χ2n) is 5.52. The van der Waals surface area contributed by atoms with Crippen LogP contribution in [0, 0.1) is 0 Å². The van der Waals surface area contributed by atoms with Crippen molar-refractivity contribution >= 4 is 42.4 Å². The van der Waals surface area contributed by atoms with Crippen molar-refractivity contribution in [2.75, 3.05) is 0 Å². The summed E-state index contributed by atoms with van der Waals surface area (Å²) in [5, 5.41) is 3.67. The SMILES string of the molecule is c1ccc2c(-c3ncnc4c3sc3ccccc34)cccc2c1. The van der Waals surface area contributed by atoms with Crippen molar-refractivity contribution in [3.63, 3.8) is 0 Å². The molecule has 3 aromatic carbocycles. The first kappa shape index (κ1) is 12.7. The van der Waals surface area contributed by atoms with Crippen molar-refractivity contribution in [3.05, 3.63) is 73.1 Å². The minimum atomic E-state index is 1.02. The van der Waals surface area contributed by atoms with E-state index in [-0.39, 0.29) is 0 Å². The highest BCUT2D eigenvalue weighted by molar-refractivity contribution is 7.26. The predicted molar refractivity (Wildman–Crippen MR) is 97.9 cm³/mol. The van der Waals surface area contributed by atoms with Crippen molar-refractivity contribution in [2.24, 2.45) is 0 Å². The van der Waals surface area contributed by atoms with Crippen LogP contribution in [0.25, 0.3) is 42.3 Å². The Hall–Kier alpha value is -2.78. The molecule has 0 spiro atoms. The van der Waals surface area contributed by atoms with E-state index >= 15 is 0 Å². The largest absolute Gasteiger partial charge is 0.235 e. The van der Waals surface area contributed by atoms with Gasteiger partial charge in [-0.2, -0.15) is 0 Å². The standard InChI is InChI=1S/C20H12N2S/c1-2-8-14-13(6-1)7-5-10-15(14)18-20-19(22-12-21-18)16-9-3-4-11-17(16)23-20/h1-12H. The molecule has 2 aromatic heterocycles. The number of hydrogen-bond donors (Lipinski definition) is 0. The molecule has 2 heterocycles. The smallest absolute Gasteiger partial charge is 0.116 e. The monoisotopic (exact) mass is 312 g/mol. The van der Waals surface area contributed by atoms with E-state index in [2.05, 4.69) is 76.7 Å². The van der Waals surface area contributed by atoms with Crippen LogP contribution in [0.3, 0.4) is 0 Å². The van der Waals surface area contributed by atoms with E-state index in [1.54, 1.807) is 17.7 Å². The summed E-state index contributed by atoms with van der Waals surface area (Å²) in [5.74, 6) is 0. The van der Waals surface area contributed by atoms with Crippen molar-refractivity contribution < 1.29 is 0 Å². The van der Waals surface area contributed by atoms with Crippen molar-refractivity contribution in [2.45, 2.75) is 0 Å².